The van der Waals surface area contributed by atoms with Gasteiger partial charge in [-0.2, -0.15) is 0 Å². The highest BCUT2D eigenvalue weighted by molar-refractivity contribution is 5.81. The Morgan fingerprint density at radius 2 is 2.07 bits per heavy atom. The molecule has 86 valence electrons. The molecule has 2 saturated heterocycles. The Balaban J connectivity index is 1.98. The fourth-order valence-corrected chi connectivity index (χ4v) is 2.69. The highest BCUT2D eigenvalue weighted by Gasteiger charge is 2.37. The molecule has 15 heavy (non-hydrogen) atoms. The van der Waals surface area contributed by atoms with Gasteiger partial charge < -0.3 is 10.2 Å². The van der Waals surface area contributed by atoms with Crippen molar-refractivity contribution in [1.29, 1.82) is 0 Å². The summed E-state index contributed by atoms with van der Waals surface area (Å²) in [6.07, 6.45) is 2.47. The van der Waals surface area contributed by atoms with Crippen molar-refractivity contribution >= 4 is 5.91 Å². The molecule has 0 aromatic heterocycles. The van der Waals surface area contributed by atoms with Gasteiger partial charge in [0.1, 0.15) is 0 Å². The van der Waals surface area contributed by atoms with E-state index in [0.29, 0.717) is 11.9 Å². The van der Waals surface area contributed by atoms with Gasteiger partial charge in [-0.1, -0.05) is 20.8 Å². The average molecular weight is 210 g/mol. The largest absolute Gasteiger partial charge is 0.341 e. The van der Waals surface area contributed by atoms with E-state index in [4.69, 9.17) is 0 Å². The van der Waals surface area contributed by atoms with Crippen LogP contribution in [0.25, 0.3) is 0 Å². The van der Waals surface area contributed by atoms with Crippen molar-refractivity contribution in [2.75, 3.05) is 19.6 Å². The molecule has 3 nitrogen and oxygen atoms in total. The molecule has 0 aliphatic carbocycles. The van der Waals surface area contributed by atoms with Crippen LogP contribution >= 0.6 is 0 Å². The van der Waals surface area contributed by atoms with E-state index in [1.807, 2.05) is 25.7 Å². The Kier molecular flexibility index (Phi) is 2.75. The predicted octanol–water partition coefficient (Wildman–Crippen LogP) is 1.24. The summed E-state index contributed by atoms with van der Waals surface area (Å²) < 4.78 is 0. The second-order valence-corrected chi connectivity index (χ2v) is 5.90. The number of fused-ring (bicyclic) bond motifs is 1. The number of amides is 1. The monoisotopic (exact) mass is 210 g/mol. The normalized spacial score (nSPS) is 31.5. The second-order valence-electron chi connectivity index (χ2n) is 5.90. The molecular weight excluding hydrogens is 188 g/mol. The third-order valence-corrected chi connectivity index (χ3v) is 3.61. The van der Waals surface area contributed by atoms with Gasteiger partial charge in [0.05, 0.1) is 0 Å². The van der Waals surface area contributed by atoms with Crippen LogP contribution < -0.4 is 5.32 Å². The minimum absolute atomic E-state index is 0.231. The molecule has 2 fully saturated rings. The zero-order valence-corrected chi connectivity index (χ0v) is 10.0. The zero-order valence-electron chi connectivity index (χ0n) is 10.0. The highest BCUT2D eigenvalue weighted by Crippen LogP contribution is 2.27. The average Bonchev–Trinajstić information content (AvgIpc) is 2.61. The van der Waals surface area contributed by atoms with Crippen LogP contribution in [0.5, 0.6) is 0 Å². The first kappa shape index (κ1) is 10.9. The van der Waals surface area contributed by atoms with E-state index in [2.05, 4.69) is 5.32 Å². The molecule has 3 heteroatoms. The summed E-state index contributed by atoms with van der Waals surface area (Å²) >= 11 is 0. The Labute approximate surface area is 92.2 Å². The van der Waals surface area contributed by atoms with E-state index >= 15 is 0 Å². The molecule has 0 bridgehead atoms. The summed E-state index contributed by atoms with van der Waals surface area (Å²) in [7, 11) is 0. The maximum absolute atomic E-state index is 12.1. The van der Waals surface area contributed by atoms with Gasteiger partial charge in [-0.3, -0.25) is 4.79 Å². The number of hydrogen-bond donors (Lipinski definition) is 1. The molecule has 0 radical (unpaired) electrons. The van der Waals surface area contributed by atoms with Crippen molar-refractivity contribution in [3.8, 4) is 0 Å². The van der Waals surface area contributed by atoms with E-state index in [0.717, 1.165) is 25.6 Å². The fourth-order valence-electron chi connectivity index (χ4n) is 2.69. The minimum atomic E-state index is -0.231. The minimum Gasteiger partial charge on any atom is -0.341 e. The molecule has 2 heterocycles. The zero-order chi connectivity index (χ0) is 11.1. The maximum Gasteiger partial charge on any atom is 0.227 e. The van der Waals surface area contributed by atoms with E-state index in [-0.39, 0.29) is 5.41 Å². The fraction of sp³-hybridized carbons (Fsp3) is 0.917. The molecule has 0 spiro atoms. The molecule has 2 rings (SSSR count). The van der Waals surface area contributed by atoms with Gasteiger partial charge in [-0.15, -0.1) is 0 Å². The summed E-state index contributed by atoms with van der Waals surface area (Å²) in [5.41, 5.74) is -0.231. The molecule has 2 atom stereocenters. The van der Waals surface area contributed by atoms with Gasteiger partial charge in [0, 0.05) is 24.5 Å². The van der Waals surface area contributed by atoms with Crippen LogP contribution in [0.2, 0.25) is 0 Å². The predicted molar refractivity (Wildman–Crippen MR) is 60.5 cm³/mol. The molecule has 2 aliphatic rings. The highest BCUT2D eigenvalue weighted by atomic mass is 16.2. The SMILES string of the molecule is CC(C)(C)C(=O)N1CC[C@@H]2CCN[C@@H]2C1. The molecule has 0 unspecified atom stereocenters. The Morgan fingerprint density at radius 3 is 2.73 bits per heavy atom. The van der Waals surface area contributed by atoms with Crippen LogP contribution in [-0.4, -0.2) is 36.5 Å². The number of likely N-dealkylation sites (tertiary alicyclic amines) is 1. The Hall–Kier alpha value is -0.570. The number of nitrogens with zero attached hydrogens (tertiary/aromatic N) is 1. The number of rotatable bonds is 0. The first-order valence-electron chi connectivity index (χ1n) is 6.01. The smallest absolute Gasteiger partial charge is 0.227 e. The summed E-state index contributed by atoms with van der Waals surface area (Å²) in [4.78, 5) is 14.1. The number of hydrogen-bond acceptors (Lipinski definition) is 2. The van der Waals surface area contributed by atoms with Gasteiger partial charge in [0.2, 0.25) is 5.91 Å². The van der Waals surface area contributed by atoms with E-state index < -0.39 is 0 Å². The lowest BCUT2D eigenvalue weighted by atomic mass is 9.89. The lowest BCUT2D eigenvalue weighted by Gasteiger charge is -2.38. The van der Waals surface area contributed by atoms with Gasteiger partial charge in [0.15, 0.2) is 0 Å². The number of carbonyl (C=O) groups excluding carboxylic acids is 1. The van der Waals surface area contributed by atoms with Gasteiger partial charge >= 0.3 is 0 Å². The Morgan fingerprint density at radius 1 is 1.33 bits per heavy atom. The summed E-state index contributed by atoms with van der Waals surface area (Å²) in [5, 5.41) is 3.50. The van der Waals surface area contributed by atoms with E-state index in [1.54, 1.807) is 0 Å². The third-order valence-electron chi connectivity index (χ3n) is 3.61. The summed E-state index contributed by atoms with van der Waals surface area (Å²) in [5.74, 6) is 1.11. The van der Waals surface area contributed by atoms with Crippen molar-refractivity contribution in [2.24, 2.45) is 11.3 Å². The van der Waals surface area contributed by atoms with E-state index in [1.165, 1.54) is 12.8 Å². The van der Waals surface area contributed by atoms with Crippen molar-refractivity contribution in [1.82, 2.24) is 10.2 Å². The van der Waals surface area contributed by atoms with Crippen LogP contribution in [0.15, 0.2) is 0 Å². The number of carbonyl (C=O) groups is 1. The first-order valence-corrected chi connectivity index (χ1v) is 6.01. The Bertz CT molecular complexity index is 257. The second kappa shape index (κ2) is 3.78. The summed E-state index contributed by atoms with van der Waals surface area (Å²) in [6.45, 7) is 9.02. The number of nitrogens with one attached hydrogen (secondary N) is 1. The van der Waals surface area contributed by atoms with Crippen LogP contribution in [0.4, 0.5) is 0 Å². The topological polar surface area (TPSA) is 32.3 Å². The summed E-state index contributed by atoms with van der Waals surface area (Å²) in [6, 6.07) is 0.560. The molecule has 2 aliphatic heterocycles. The molecule has 1 N–H and O–H groups in total. The van der Waals surface area contributed by atoms with Gasteiger partial charge in [-0.05, 0) is 25.3 Å². The van der Waals surface area contributed by atoms with Gasteiger partial charge in [-0.25, -0.2) is 0 Å². The van der Waals surface area contributed by atoms with Crippen LogP contribution in [0.1, 0.15) is 33.6 Å². The van der Waals surface area contributed by atoms with Crippen molar-refractivity contribution < 1.29 is 4.79 Å². The molecular formula is C12H22N2O. The maximum atomic E-state index is 12.1. The van der Waals surface area contributed by atoms with Crippen LogP contribution in [0, 0.1) is 11.3 Å². The van der Waals surface area contributed by atoms with Crippen LogP contribution in [0.3, 0.4) is 0 Å². The molecule has 1 amide bonds. The lowest BCUT2D eigenvalue weighted by molar-refractivity contribution is -0.141. The lowest BCUT2D eigenvalue weighted by Crippen LogP contribution is -2.51. The third kappa shape index (κ3) is 2.17. The van der Waals surface area contributed by atoms with Crippen molar-refractivity contribution in [3.05, 3.63) is 0 Å². The first-order chi connectivity index (χ1) is 6.98. The van der Waals surface area contributed by atoms with Crippen LogP contribution in [-0.2, 0) is 4.79 Å². The molecule has 0 aromatic carbocycles. The van der Waals surface area contributed by atoms with Gasteiger partial charge in [0.25, 0.3) is 0 Å². The number of piperidine rings is 1. The quantitative estimate of drug-likeness (QED) is 0.652. The standard InChI is InChI=1S/C12H22N2O/c1-12(2,3)11(15)14-7-5-9-4-6-13-10(9)8-14/h9-10,13H,4-8H2,1-3H3/t9-,10+/m0/s1. The molecule has 0 saturated carbocycles. The van der Waals surface area contributed by atoms with E-state index in [9.17, 15) is 4.79 Å². The van der Waals surface area contributed by atoms with Crippen molar-refractivity contribution in [2.45, 2.75) is 39.7 Å². The van der Waals surface area contributed by atoms with Crippen molar-refractivity contribution in [3.63, 3.8) is 0 Å². The molecule has 0 aromatic rings.